The Morgan fingerprint density at radius 2 is 2.10 bits per heavy atom. The number of amidine groups is 1. The Morgan fingerprint density at radius 3 is 2.70 bits per heavy atom. The van der Waals surface area contributed by atoms with Crippen LogP contribution < -0.4 is 5.48 Å². The van der Waals surface area contributed by atoms with Crippen molar-refractivity contribution in [2.24, 2.45) is 4.99 Å². The fourth-order valence-electron chi connectivity index (χ4n) is 2.36. The smallest absolute Gasteiger partial charge is 0.410 e. The molecule has 0 bridgehead atoms. The molecule has 0 unspecified atom stereocenters. The average Bonchev–Trinajstić information content (AvgIpc) is 2.46. The zero-order valence-corrected chi connectivity index (χ0v) is 12.4. The number of carbonyl (C=O) groups is 1. The van der Waals surface area contributed by atoms with E-state index in [-0.39, 0.29) is 18.3 Å². The van der Waals surface area contributed by atoms with E-state index in [0.717, 1.165) is 31.6 Å². The van der Waals surface area contributed by atoms with E-state index in [4.69, 9.17) is 9.57 Å². The lowest BCUT2D eigenvalue weighted by Gasteiger charge is -2.31. The van der Waals surface area contributed by atoms with Crippen LogP contribution in [0.4, 0.5) is 4.79 Å². The fourth-order valence-corrected chi connectivity index (χ4v) is 2.36. The molecule has 6 nitrogen and oxygen atoms in total. The molecule has 2 rings (SSSR count). The molecular formula is C14H25N3O3. The van der Waals surface area contributed by atoms with Crippen LogP contribution in [-0.4, -0.2) is 48.7 Å². The minimum Gasteiger partial charge on any atom is -0.447 e. The molecule has 114 valence electrons. The van der Waals surface area contributed by atoms with Crippen molar-refractivity contribution >= 4 is 11.9 Å². The van der Waals surface area contributed by atoms with Crippen molar-refractivity contribution in [2.75, 3.05) is 19.6 Å². The minimum absolute atomic E-state index is 0.0672. The van der Waals surface area contributed by atoms with Gasteiger partial charge in [-0.1, -0.05) is 0 Å². The van der Waals surface area contributed by atoms with E-state index in [9.17, 15) is 4.79 Å². The van der Waals surface area contributed by atoms with Crippen LogP contribution in [0.5, 0.6) is 0 Å². The summed E-state index contributed by atoms with van der Waals surface area (Å²) in [6, 6.07) is 0. The van der Waals surface area contributed by atoms with Crippen LogP contribution in [0.1, 0.15) is 46.0 Å². The molecule has 20 heavy (non-hydrogen) atoms. The van der Waals surface area contributed by atoms with Crippen LogP contribution in [0.15, 0.2) is 4.99 Å². The number of aliphatic imine (C=N–C) groups is 1. The van der Waals surface area contributed by atoms with Crippen molar-refractivity contribution in [1.29, 1.82) is 0 Å². The summed E-state index contributed by atoms with van der Waals surface area (Å²) in [5.41, 5.74) is 2.98. The van der Waals surface area contributed by atoms with Gasteiger partial charge in [-0.05, 0) is 39.5 Å². The molecule has 0 radical (unpaired) electrons. The lowest BCUT2D eigenvalue weighted by Crippen LogP contribution is -2.43. The third-order valence-corrected chi connectivity index (χ3v) is 3.50. The van der Waals surface area contributed by atoms with E-state index in [2.05, 4.69) is 10.5 Å². The predicted molar refractivity (Wildman–Crippen MR) is 76.6 cm³/mol. The van der Waals surface area contributed by atoms with Gasteiger partial charge in [0.1, 0.15) is 5.84 Å². The molecule has 6 heteroatoms. The van der Waals surface area contributed by atoms with Crippen molar-refractivity contribution < 1.29 is 14.4 Å². The largest absolute Gasteiger partial charge is 0.447 e. The van der Waals surface area contributed by atoms with E-state index in [1.54, 1.807) is 4.90 Å². The monoisotopic (exact) mass is 283 g/mol. The van der Waals surface area contributed by atoms with Crippen molar-refractivity contribution in [3.05, 3.63) is 0 Å². The van der Waals surface area contributed by atoms with E-state index < -0.39 is 0 Å². The number of nitrogens with zero attached hydrogens (tertiary/aromatic N) is 2. The van der Waals surface area contributed by atoms with Gasteiger partial charge in [0.15, 0.2) is 0 Å². The summed E-state index contributed by atoms with van der Waals surface area (Å²) in [5.74, 6) is 0.956. The van der Waals surface area contributed by atoms with Gasteiger partial charge in [-0.2, -0.15) is 0 Å². The number of hydrogen-bond donors (Lipinski definition) is 1. The summed E-state index contributed by atoms with van der Waals surface area (Å²) >= 11 is 0. The standard InChI is InChI=1S/C14H25N3O3/c1-11(2)19-14(18)17-9-6-12(7-10-17)20-16-13-5-3-4-8-15-13/h11-12H,3-10H2,1-2H3,(H,15,16). The molecule has 1 N–H and O–H groups in total. The Bertz CT molecular complexity index is 350. The number of rotatable bonds is 3. The van der Waals surface area contributed by atoms with Crippen LogP contribution in [-0.2, 0) is 9.57 Å². The van der Waals surface area contributed by atoms with Crippen LogP contribution in [0.25, 0.3) is 0 Å². The van der Waals surface area contributed by atoms with Gasteiger partial charge in [0, 0.05) is 26.1 Å². The number of piperidine rings is 1. The molecule has 0 aromatic carbocycles. The third-order valence-electron chi connectivity index (χ3n) is 3.50. The Balaban J connectivity index is 1.66. The highest BCUT2D eigenvalue weighted by Gasteiger charge is 2.25. The van der Waals surface area contributed by atoms with E-state index in [0.29, 0.717) is 13.1 Å². The number of hydrogen-bond acceptors (Lipinski definition) is 5. The van der Waals surface area contributed by atoms with Gasteiger partial charge in [-0.3, -0.25) is 15.3 Å². The van der Waals surface area contributed by atoms with Gasteiger partial charge < -0.3 is 9.64 Å². The third kappa shape index (κ3) is 4.67. The Morgan fingerprint density at radius 1 is 1.35 bits per heavy atom. The lowest BCUT2D eigenvalue weighted by atomic mass is 10.1. The van der Waals surface area contributed by atoms with Gasteiger partial charge in [0.25, 0.3) is 0 Å². The number of ether oxygens (including phenoxy) is 1. The second kappa shape index (κ2) is 7.47. The molecule has 0 aromatic heterocycles. The zero-order chi connectivity index (χ0) is 14.4. The summed E-state index contributed by atoms with van der Waals surface area (Å²) in [6.45, 7) is 5.99. The Labute approximate surface area is 120 Å². The maximum atomic E-state index is 11.7. The van der Waals surface area contributed by atoms with Crippen molar-refractivity contribution in [2.45, 2.75) is 58.2 Å². The van der Waals surface area contributed by atoms with Crippen LogP contribution in [0.3, 0.4) is 0 Å². The predicted octanol–water partition coefficient (Wildman–Crippen LogP) is 2.10. The molecule has 0 aromatic rings. The van der Waals surface area contributed by atoms with Gasteiger partial charge in [0.05, 0.1) is 12.2 Å². The first-order valence-corrected chi connectivity index (χ1v) is 7.55. The molecule has 1 saturated heterocycles. The topological polar surface area (TPSA) is 63.2 Å². The number of nitrogens with one attached hydrogen (secondary N) is 1. The minimum atomic E-state index is -0.219. The highest BCUT2D eigenvalue weighted by atomic mass is 16.7. The molecule has 0 saturated carbocycles. The van der Waals surface area contributed by atoms with Gasteiger partial charge in [-0.15, -0.1) is 0 Å². The maximum Gasteiger partial charge on any atom is 0.410 e. The zero-order valence-electron chi connectivity index (χ0n) is 12.4. The first-order valence-electron chi connectivity index (χ1n) is 7.55. The summed E-state index contributed by atoms with van der Waals surface area (Å²) in [7, 11) is 0. The van der Waals surface area contributed by atoms with Gasteiger partial charge >= 0.3 is 6.09 Å². The molecule has 2 heterocycles. The lowest BCUT2D eigenvalue weighted by molar-refractivity contribution is -0.0282. The molecule has 1 amide bonds. The highest BCUT2D eigenvalue weighted by molar-refractivity contribution is 5.81. The highest BCUT2D eigenvalue weighted by Crippen LogP contribution is 2.14. The van der Waals surface area contributed by atoms with E-state index >= 15 is 0 Å². The number of hydroxylamine groups is 1. The summed E-state index contributed by atoms with van der Waals surface area (Å²) in [4.78, 5) is 23.6. The first kappa shape index (κ1) is 15.1. The van der Waals surface area contributed by atoms with Crippen molar-refractivity contribution in [3.63, 3.8) is 0 Å². The number of carbonyl (C=O) groups excluding carboxylic acids is 1. The number of likely N-dealkylation sites (tertiary alicyclic amines) is 1. The van der Waals surface area contributed by atoms with Crippen LogP contribution in [0, 0.1) is 0 Å². The SMILES string of the molecule is CC(C)OC(=O)N1CCC(ONC2=NCCCC2)CC1. The quantitative estimate of drug-likeness (QED) is 0.806. The van der Waals surface area contributed by atoms with Crippen LogP contribution in [0.2, 0.25) is 0 Å². The van der Waals surface area contributed by atoms with E-state index in [1.807, 2.05) is 13.8 Å². The summed E-state index contributed by atoms with van der Waals surface area (Å²) < 4.78 is 5.19. The molecule has 2 aliphatic heterocycles. The Hall–Kier alpha value is -1.30. The second-order valence-corrected chi connectivity index (χ2v) is 5.62. The maximum absolute atomic E-state index is 11.7. The molecule has 0 aliphatic carbocycles. The molecular weight excluding hydrogens is 258 g/mol. The molecule has 0 atom stereocenters. The fraction of sp³-hybridized carbons (Fsp3) is 0.857. The molecule has 0 spiro atoms. The van der Waals surface area contributed by atoms with Crippen LogP contribution >= 0.6 is 0 Å². The van der Waals surface area contributed by atoms with E-state index in [1.165, 1.54) is 12.8 Å². The van der Waals surface area contributed by atoms with Gasteiger partial charge in [0.2, 0.25) is 0 Å². The normalized spacial score (nSPS) is 20.8. The first-order chi connectivity index (χ1) is 9.65. The second-order valence-electron chi connectivity index (χ2n) is 5.62. The van der Waals surface area contributed by atoms with Crippen molar-refractivity contribution in [1.82, 2.24) is 10.4 Å². The molecule has 1 fully saturated rings. The van der Waals surface area contributed by atoms with Gasteiger partial charge in [-0.25, -0.2) is 4.79 Å². The molecule has 2 aliphatic rings. The van der Waals surface area contributed by atoms with Crippen molar-refractivity contribution in [3.8, 4) is 0 Å². The Kier molecular flexibility index (Phi) is 5.64. The average molecular weight is 283 g/mol. The number of amides is 1. The summed E-state index contributed by atoms with van der Waals surface area (Å²) in [5, 5.41) is 0. The summed E-state index contributed by atoms with van der Waals surface area (Å²) in [6.07, 6.45) is 4.82.